The molecule has 29 heavy (non-hydrogen) atoms. The van der Waals surface area contributed by atoms with Crippen LogP contribution in [0.4, 0.5) is 0 Å². The zero-order valence-electron chi connectivity index (χ0n) is 16.2. The molecule has 2 aromatic carbocycles. The number of hydrogen-bond donors (Lipinski definition) is 0. The molecule has 1 heterocycles. The van der Waals surface area contributed by atoms with E-state index < -0.39 is 9.84 Å². The molecule has 0 unspecified atom stereocenters. The van der Waals surface area contributed by atoms with Gasteiger partial charge in [0.1, 0.15) is 17.3 Å². The fourth-order valence-electron chi connectivity index (χ4n) is 2.54. The largest absolute Gasteiger partial charge is 0.494 e. The Balaban J connectivity index is 1.51. The molecule has 0 amide bonds. The highest BCUT2D eigenvalue weighted by atomic mass is 35.5. The molecule has 9 heteroatoms. The van der Waals surface area contributed by atoms with E-state index in [1.54, 1.807) is 48.0 Å². The standard InChI is InChI=1S/C20H22ClN3O3S2/c1-15-4-10-18(11-5-15)29(25,26)14-19-22-23-20(24(19)2)28-13-3-12-27-17-8-6-16(21)7-9-17/h4-11H,3,12-14H2,1-2H3. The fourth-order valence-corrected chi connectivity index (χ4v) is 4.82. The molecular weight excluding hydrogens is 430 g/mol. The number of hydrogen-bond acceptors (Lipinski definition) is 6. The number of thioether (sulfide) groups is 1. The summed E-state index contributed by atoms with van der Waals surface area (Å²) in [5.74, 6) is 1.80. The SMILES string of the molecule is Cc1ccc(S(=O)(=O)Cc2nnc(SCCCOc3ccc(Cl)cc3)n2C)cc1. The molecule has 154 valence electrons. The normalized spacial score (nSPS) is 11.6. The van der Waals surface area contributed by atoms with Crippen molar-refractivity contribution in [2.75, 3.05) is 12.4 Å². The van der Waals surface area contributed by atoms with Crippen LogP contribution in [0.3, 0.4) is 0 Å². The van der Waals surface area contributed by atoms with Crippen molar-refractivity contribution < 1.29 is 13.2 Å². The molecule has 6 nitrogen and oxygen atoms in total. The summed E-state index contributed by atoms with van der Waals surface area (Å²) in [4.78, 5) is 0.291. The lowest BCUT2D eigenvalue weighted by Gasteiger charge is -2.07. The highest BCUT2D eigenvalue weighted by Crippen LogP contribution is 2.21. The first kappa shape index (κ1) is 21.7. The number of benzene rings is 2. The Hall–Kier alpha value is -2.03. The molecule has 0 bridgehead atoms. The summed E-state index contributed by atoms with van der Waals surface area (Å²) in [5.41, 5.74) is 1.02. The van der Waals surface area contributed by atoms with Gasteiger partial charge in [-0.25, -0.2) is 8.42 Å². The minimum Gasteiger partial charge on any atom is -0.494 e. The number of halogens is 1. The van der Waals surface area contributed by atoms with Crippen molar-refractivity contribution >= 4 is 33.2 Å². The van der Waals surface area contributed by atoms with E-state index in [1.165, 1.54) is 11.8 Å². The van der Waals surface area contributed by atoms with Gasteiger partial charge >= 0.3 is 0 Å². The van der Waals surface area contributed by atoms with Crippen LogP contribution < -0.4 is 4.74 Å². The Bertz CT molecular complexity index is 1050. The summed E-state index contributed by atoms with van der Waals surface area (Å²) >= 11 is 7.37. The van der Waals surface area contributed by atoms with E-state index in [9.17, 15) is 8.42 Å². The first-order valence-electron chi connectivity index (χ1n) is 9.04. The maximum absolute atomic E-state index is 12.6. The quantitative estimate of drug-likeness (QED) is 0.356. The van der Waals surface area contributed by atoms with Crippen molar-refractivity contribution in [3.05, 3.63) is 64.9 Å². The zero-order chi connectivity index (χ0) is 20.9. The van der Waals surface area contributed by atoms with Crippen molar-refractivity contribution in [3.63, 3.8) is 0 Å². The second-order valence-corrected chi connectivity index (χ2v) is 10.0. The second kappa shape index (κ2) is 9.65. The van der Waals surface area contributed by atoms with Gasteiger partial charge in [-0.15, -0.1) is 10.2 Å². The van der Waals surface area contributed by atoms with Crippen LogP contribution in [0.2, 0.25) is 5.02 Å². The van der Waals surface area contributed by atoms with Crippen LogP contribution in [0, 0.1) is 6.92 Å². The molecule has 1 aromatic heterocycles. The fraction of sp³-hybridized carbons (Fsp3) is 0.300. The van der Waals surface area contributed by atoms with Crippen molar-refractivity contribution in [1.29, 1.82) is 0 Å². The topological polar surface area (TPSA) is 74.1 Å². The Morgan fingerprint density at radius 3 is 2.45 bits per heavy atom. The molecule has 3 rings (SSSR count). The van der Waals surface area contributed by atoms with Gasteiger partial charge in [0, 0.05) is 17.8 Å². The summed E-state index contributed by atoms with van der Waals surface area (Å²) in [6.07, 6.45) is 0.817. The molecule has 3 aromatic rings. The number of aromatic nitrogens is 3. The third-order valence-corrected chi connectivity index (χ3v) is 7.21. The lowest BCUT2D eigenvalue weighted by Crippen LogP contribution is -2.10. The lowest BCUT2D eigenvalue weighted by atomic mass is 10.2. The van der Waals surface area contributed by atoms with Gasteiger partial charge in [-0.3, -0.25) is 0 Å². The van der Waals surface area contributed by atoms with Gasteiger partial charge in [-0.1, -0.05) is 41.1 Å². The van der Waals surface area contributed by atoms with Gasteiger partial charge in [0.05, 0.1) is 11.5 Å². The van der Waals surface area contributed by atoms with E-state index in [1.807, 2.05) is 19.1 Å². The van der Waals surface area contributed by atoms with Crippen LogP contribution in [0.15, 0.2) is 58.6 Å². The van der Waals surface area contributed by atoms with Gasteiger partial charge < -0.3 is 9.30 Å². The Morgan fingerprint density at radius 1 is 1.07 bits per heavy atom. The molecule has 0 aliphatic rings. The monoisotopic (exact) mass is 451 g/mol. The van der Waals surface area contributed by atoms with Gasteiger partial charge in [0.2, 0.25) is 0 Å². The van der Waals surface area contributed by atoms with Crippen molar-refractivity contribution in [2.24, 2.45) is 7.05 Å². The van der Waals surface area contributed by atoms with E-state index >= 15 is 0 Å². The maximum Gasteiger partial charge on any atom is 0.190 e. The van der Waals surface area contributed by atoms with Crippen LogP contribution in [-0.2, 0) is 22.6 Å². The van der Waals surface area contributed by atoms with Crippen molar-refractivity contribution in [1.82, 2.24) is 14.8 Å². The minimum absolute atomic E-state index is 0.181. The molecule has 0 radical (unpaired) electrons. The predicted molar refractivity (Wildman–Crippen MR) is 115 cm³/mol. The van der Waals surface area contributed by atoms with E-state index in [0.29, 0.717) is 27.5 Å². The predicted octanol–water partition coefficient (Wildman–Crippen LogP) is 4.31. The van der Waals surface area contributed by atoms with Crippen LogP contribution in [0.1, 0.15) is 17.8 Å². The molecule has 0 spiro atoms. The maximum atomic E-state index is 12.6. The lowest BCUT2D eigenvalue weighted by molar-refractivity contribution is 0.318. The molecule has 0 aliphatic carbocycles. The van der Waals surface area contributed by atoms with Crippen molar-refractivity contribution in [2.45, 2.75) is 29.1 Å². The number of ether oxygens (including phenoxy) is 1. The Labute approximate surface area is 180 Å². The number of nitrogens with zero attached hydrogens (tertiary/aromatic N) is 3. The van der Waals surface area contributed by atoms with Crippen LogP contribution >= 0.6 is 23.4 Å². The molecule has 0 saturated carbocycles. The third kappa shape index (κ3) is 5.98. The highest BCUT2D eigenvalue weighted by molar-refractivity contribution is 7.99. The summed E-state index contributed by atoms with van der Waals surface area (Å²) < 4.78 is 32.6. The summed E-state index contributed by atoms with van der Waals surface area (Å²) in [5, 5.41) is 9.56. The van der Waals surface area contributed by atoms with Crippen LogP contribution in [-0.4, -0.2) is 35.5 Å². The van der Waals surface area contributed by atoms with Gasteiger partial charge in [0.15, 0.2) is 15.0 Å². The third-order valence-electron chi connectivity index (χ3n) is 4.23. The van der Waals surface area contributed by atoms with E-state index in [-0.39, 0.29) is 5.75 Å². The first-order valence-corrected chi connectivity index (χ1v) is 12.1. The van der Waals surface area contributed by atoms with Crippen LogP contribution in [0.5, 0.6) is 5.75 Å². The average molecular weight is 452 g/mol. The Morgan fingerprint density at radius 2 is 1.76 bits per heavy atom. The smallest absolute Gasteiger partial charge is 0.190 e. The average Bonchev–Trinajstić information content (AvgIpc) is 3.02. The summed E-state index contributed by atoms with van der Waals surface area (Å²) in [6, 6.07) is 14.1. The molecule has 0 N–H and O–H groups in total. The van der Waals surface area contributed by atoms with E-state index in [0.717, 1.165) is 23.5 Å². The molecule has 0 aliphatic heterocycles. The highest BCUT2D eigenvalue weighted by Gasteiger charge is 2.20. The van der Waals surface area contributed by atoms with Crippen molar-refractivity contribution in [3.8, 4) is 5.75 Å². The number of aryl methyl sites for hydroxylation is 1. The van der Waals surface area contributed by atoms with E-state index in [2.05, 4.69) is 10.2 Å². The minimum atomic E-state index is -3.46. The molecular formula is C20H22ClN3O3S2. The molecule has 0 atom stereocenters. The van der Waals surface area contributed by atoms with Crippen LogP contribution in [0.25, 0.3) is 0 Å². The summed E-state index contributed by atoms with van der Waals surface area (Å²) in [6.45, 7) is 2.49. The summed E-state index contributed by atoms with van der Waals surface area (Å²) in [7, 11) is -1.68. The van der Waals surface area contributed by atoms with Gasteiger partial charge in [-0.2, -0.15) is 0 Å². The number of rotatable bonds is 9. The van der Waals surface area contributed by atoms with E-state index in [4.69, 9.17) is 16.3 Å². The van der Waals surface area contributed by atoms with Gasteiger partial charge in [0.25, 0.3) is 0 Å². The molecule has 0 saturated heterocycles. The number of sulfone groups is 1. The Kier molecular flexibility index (Phi) is 7.21. The van der Waals surface area contributed by atoms with Gasteiger partial charge in [-0.05, 0) is 49.7 Å². The molecule has 0 fully saturated rings. The zero-order valence-corrected chi connectivity index (χ0v) is 18.6. The second-order valence-electron chi connectivity index (χ2n) is 6.53. The first-order chi connectivity index (χ1) is 13.8.